The molecular weight excluding hydrogens is 254 g/mol. The van der Waals surface area contributed by atoms with Crippen molar-refractivity contribution in [2.75, 3.05) is 0 Å². The van der Waals surface area contributed by atoms with E-state index in [9.17, 15) is 9.90 Å². The molecule has 1 aliphatic rings. The first-order valence-electron chi connectivity index (χ1n) is 5.83. The Hall–Kier alpha value is -1.26. The van der Waals surface area contributed by atoms with Crippen LogP contribution in [0, 0.1) is 12.8 Å². The molecule has 5 heteroatoms. The Morgan fingerprint density at radius 2 is 2.06 bits per heavy atom. The van der Waals surface area contributed by atoms with E-state index < -0.39 is 5.97 Å². The second-order valence-electron chi connectivity index (χ2n) is 4.77. The summed E-state index contributed by atoms with van der Waals surface area (Å²) in [7, 11) is 0. The Morgan fingerprint density at radius 3 is 2.50 bits per heavy atom. The molecule has 1 aromatic rings. The van der Waals surface area contributed by atoms with Crippen LogP contribution >= 0.6 is 12.4 Å². The number of halogens is 1. The smallest absolute Gasteiger partial charge is 0.339 e. The molecular formula is C13H18ClNO3. The predicted octanol–water partition coefficient (Wildman–Crippen LogP) is 2.62. The predicted molar refractivity (Wildman–Crippen MR) is 71.3 cm³/mol. The maximum Gasteiger partial charge on any atom is 0.339 e. The number of aromatic carboxylic acids is 1. The van der Waals surface area contributed by atoms with Crippen molar-refractivity contribution in [1.82, 2.24) is 0 Å². The van der Waals surface area contributed by atoms with Crippen molar-refractivity contribution in [2.45, 2.75) is 32.2 Å². The van der Waals surface area contributed by atoms with Crippen LogP contribution in [0.25, 0.3) is 0 Å². The number of nitrogens with two attached hydrogens (primary N) is 1. The first-order chi connectivity index (χ1) is 8.00. The molecule has 1 atom stereocenters. The maximum absolute atomic E-state index is 11.0. The van der Waals surface area contributed by atoms with Crippen molar-refractivity contribution in [3.63, 3.8) is 0 Å². The molecule has 100 valence electrons. The minimum atomic E-state index is -1.12. The van der Waals surface area contributed by atoms with Crippen molar-refractivity contribution in [3.8, 4) is 5.75 Å². The van der Waals surface area contributed by atoms with Gasteiger partial charge in [-0.2, -0.15) is 0 Å². The van der Waals surface area contributed by atoms with Gasteiger partial charge in [0.05, 0.1) is 0 Å². The van der Waals surface area contributed by atoms with Crippen LogP contribution in [0.1, 0.15) is 46.8 Å². The van der Waals surface area contributed by atoms with Gasteiger partial charge in [0, 0.05) is 11.6 Å². The molecule has 4 N–H and O–H groups in total. The van der Waals surface area contributed by atoms with Crippen LogP contribution in [-0.2, 0) is 0 Å². The Labute approximate surface area is 112 Å². The molecule has 1 aliphatic carbocycles. The number of carboxylic acid groups (broad SMARTS) is 1. The number of rotatable bonds is 3. The highest BCUT2D eigenvalue weighted by atomic mass is 35.5. The van der Waals surface area contributed by atoms with Crippen molar-refractivity contribution in [2.24, 2.45) is 11.7 Å². The van der Waals surface area contributed by atoms with Crippen molar-refractivity contribution in [1.29, 1.82) is 0 Å². The second kappa shape index (κ2) is 5.59. The number of benzene rings is 1. The molecule has 1 saturated carbocycles. The van der Waals surface area contributed by atoms with Gasteiger partial charge in [0.15, 0.2) is 0 Å². The lowest BCUT2D eigenvalue weighted by molar-refractivity contribution is 0.0693. The molecule has 0 unspecified atom stereocenters. The number of aryl methyl sites for hydroxylation is 1. The van der Waals surface area contributed by atoms with E-state index in [1.165, 1.54) is 6.07 Å². The highest BCUT2D eigenvalue weighted by Gasteiger charge is 2.28. The largest absolute Gasteiger partial charge is 0.507 e. The summed E-state index contributed by atoms with van der Waals surface area (Å²) in [5.41, 5.74) is 7.40. The van der Waals surface area contributed by atoms with E-state index in [1.54, 1.807) is 6.07 Å². The molecule has 4 nitrogen and oxygen atoms in total. The average Bonchev–Trinajstić information content (AvgIpc) is 2.17. The molecule has 1 aromatic carbocycles. The number of phenols is 1. The van der Waals surface area contributed by atoms with Crippen molar-refractivity contribution >= 4 is 18.4 Å². The zero-order chi connectivity index (χ0) is 12.6. The van der Waals surface area contributed by atoms with Gasteiger partial charge >= 0.3 is 5.97 Å². The van der Waals surface area contributed by atoms with Crippen molar-refractivity contribution < 1.29 is 15.0 Å². The molecule has 0 spiro atoms. The minimum Gasteiger partial charge on any atom is -0.507 e. The number of aromatic hydroxyl groups is 1. The summed E-state index contributed by atoms with van der Waals surface area (Å²) in [4.78, 5) is 11.0. The van der Waals surface area contributed by atoms with Gasteiger partial charge in [0.1, 0.15) is 11.3 Å². The Morgan fingerprint density at radius 1 is 1.44 bits per heavy atom. The van der Waals surface area contributed by atoms with E-state index >= 15 is 0 Å². The monoisotopic (exact) mass is 271 g/mol. The Kier molecular flexibility index (Phi) is 4.59. The fourth-order valence-corrected chi connectivity index (χ4v) is 2.28. The molecule has 0 aliphatic heterocycles. The zero-order valence-electron chi connectivity index (χ0n) is 10.2. The van der Waals surface area contributed by atoms with Gasteiger partial charge in [0.25, 0.3) is 0 Å². The number of hydrogen-bond acceptors (Lipinski definition) is 3. The Balaban J connectivity index is 0.00000162. The Bertz CT molecular complexity index is 458. The van der Waals surface area contributed by atoms with Gasteiger partial charge in [-0.15, -0.1) is 12.4 Å². The number of carbonyl (C=O) groups is 1. The standard InChI is InChI=1S/C13H17NO3.ClH/c1-7-5-9(11(14)8-3-2-4-8)12(15)10(6-7)13(16)17;/h5-6,8,11,15H,2-4,14H2,1H3,(H,16,17);1H/t11-;/m0./s1. The van der Waals surface area contributed by atoms with Crippen LogP contribution in [0.3, 0.4) is 0 Å². The van der Waals surface area contributed by atoms with Gasteiger partial charge in [-0.05, 0) is 37.3 Å². The second-order valence-corrected chi connectivity index (χ2v) is 4.77. The van der Waals surface area contributed by atoms with E-state index in [2.05, 4.69) is 0 Å². The quantitative estimate of drug-likeness (QED) is 0.789. The van der Waals surface area contributed by atoms with Gasteiger partial charge in [-0.1, -0.05) is 12.5 Å². The van der Waals surface area contributed by atoms with Crippen LogP contribution in [0.5, 0.6) is 5.75 Å². The van der Waals surface area contributed by atoms with Gasteiger partial charge < -0.3 is 15.9 Å². The van der Waals surface area contributed by atoms with Gasteiger partial charge in [-0.25, -0.2) is 4.79 Å². The fourth-order valence-electron chi connectivity index (χ4n) is 2.28. The molecule has 0 amide bonds. The molecule has 0 bridgehead atoms. The van der Waals surface area contributed by atoms with E-state index in [0.29, 0.717) is 11.5 Å². The van der Waals surface area contributed by atoms with E-state index in [4.69, 9.17) is 10.8 Å². The normalized spacial score (nSPS) is 16.6. The summed E-state index contributed by atoms with van der Waals surface area (Å²) in [5.74, 6) is -0.930. The number of carboxylic acids is 1. The maximum atomic E-state index is 11.0. The summed E-state index contributed by atoms with van der Waals surface area (Å²) in [6.07, 6.45) is 3.27. The lowest BCUT2D eigenvalue weighted by Crippen LogP contribution is -2.27. The lowest BCUT2D eigenvalue weighted by atomic mass is 9.77. The van der Waals surface area contributed by atoms with Crippen molar-refractivity contribution in [3.05, 3.63) is 28.8 Å². The highest BCUT2D eigenvalue weighted by molar-refractivity contribution is 5.91. The van der Waals surface area contributed by atoms with E-state index in [0.717, 1.165) is 24.8 Å². The first kappa shape index (κ1) is 14.8. The molecule has 2 rings (SSSR count). The lowest BCUT2D eigenvalue weighted by Gasteiger charge is -2.32. The zero-order valence-corrected chi connectivity index (χ0v) is 11.0. The summed E-state index contributed by atoms with van der Waals surface area (Å²) < 4.78 is 0. The molecule has 18 heavy (non-hydrogen) atoms. The molecule has 0 radical (unpaired) electrons. The molecule has 0 aromatic heterocycles. The minimum absolute atomic E-state index is 0. The van der Waals surface area contributed by atoms with Crippen LogP contribution in [0.4, 0.5) is 0 Å². The fraction of sp³-hybridized carbons (Fsp3) is 0.462. The molecule has 0 saturated heterocycles. The molecule has 1 fully saturated rings. The SMILES string of the molecule is Cc1cc(C(=O)O)c(O)c([C@@H](N)C2CCC2)c1.Cl. The summed E-state index contributed by atoms with van der Waals surface area (Å²) in [6.45, 7) is 1.81. The first-order valence-corrected chi connectivity index (χ1v) is 5.83. The topological polar surface area (TPSA) is 83.5 Å². The highest BCUT2D eigenvalue weighted by Crippen LogP contribution is 2.40. The van der Waals surface area contributed by atoms with E-state index in [1.807, 2.05) is 6.92 Å². The molecule has 0 heterocycles. The van der Waals surface area contributed by atoms with Gasteiger partial charge in [0.2, 0.25) is 0 Å². The summed E-state index contributed by atoms with van der Waals surface area (Å²) in [5, 5.41) is 19.0. The summed E-state index contributed by atoms with van der Waals surface area (Å²) >= 11 is 0. The average molecular weight is 272 g/mol. The third-order valence-electron chi connectivity index (χ3n) is 3.53. The van der Waals surface area contributed by atoms with Crippen LogP contribution in [0.2, 0.25) is 0 Å². The third-order valence-corrected chi connectivity index (χ3v) is 3.53. The van der Waals surface area contributed by atoms with Crippen LogP contribution < -0.4 is 5.73 Å². The van der Waals surface area contributed by atoms with Crippen LogP contribution in [-0.4, -0.2) is 16.2 Å². The van der Waals surface area contributed by atoms with E-state index in [-0.39, 0.29) is 29.8 Å². The third kappa shape index (κ3) is 2.60. The van der Waals surface area contributed by atoms with Gasteiger partial charge in [-0.3, -0.25) is 0 Å². The summed E-state index contributed by atoms with van der Waals surface area (Å²) in [6, 6.07) is 2.99. The van der Waals surface area contributed by atoms with Crippen LogP contribution in [0.15, 0.2) is 12.1 Å². The number of hydrogen-bond donors (Lipinski definition) is 3.